The number of aryl methyl sites for hydroxylation is 1. The van der Waals surface area contributed by atoms with E-state index < -0.39 is 16.9 Å². The summed E-state index contributed by atoms with van der Waals surface area (Å²) in [5, 5.41) is 14.2. The van der Waals surface area contributed by atoms with E-state index in [9.17, 15) is 19.7 Å². The highest BCUT2D eigenvalue weighted by atomic mass is 32.2. The van der Waals surface area contributed by atoms with E-state index >= 15 is 0 Å². The Balaban J connectivity index is 1.57. The Labute approximate surface area is 188 Å². The summed E-state index contributed by atoms with van der Waals surface area (Å²) in [6, 6.07) is 21.1. The number of urea groups is 1. The molecular formula is C24H19N3O4S. The van der Waals surface area contributed by atoms with Crippen molar-refractivity contribution >= 4 is 35.5 Å². The average Bonchev–Trinajstić information content (AvgIpc) is 3.04. The number of imide groups is 1. The van der Waals surface area contributed by atoms with E-state index in [-0.39, 0.29) is 17.9 Å². The van der Waals surface area contributed by atoms with Gasteiger partial charge in [0.1, 0.15) is 5.70 Å². The molecule has 8 heteroatoms. The molecule has 1 N–H and O–H groups in total. The molecular weight excluding hydrogens is 426 g/mol. The van der Waals surface area contributed by atoms with Crippen molar-refractivity contribution in [1.29, 1.82) is 0 Å². The molecule has 0 saturated carbocycles. The Kier molecular flexibility index (Phi) is 6.04. The molecule has 0 atom stereocenters. The first-order valence-electron chi connectivity index (χ1n) is 9.82. The summed E-state index contributed by atoms with van der Waals surface area (Å²) >= 11 is 1.30. The predicted octanol–water partition coefficient (Wildman–Crippen LogP) is 5.15. The number of nitrogens with zero attached hydrogens (tertiary/aromatic N) is 2. The van der Waals surface area contributed by atoms with Gasteiger partial charge in [-0.15, -0.1) is 0 Å². The van der Waals surface area contributed by atoms with Gasteiger partial charge in [0.2, 0.25) is 0 Å². The van der Waals surface area contributed by atoms with Crippen LogP contribution < -0.4 is 5.32 Å². The third-order valence-electron chi connectivity index (χ3n) is 4.89. The van der Waals surface area contributed by atoms with E-state index in [0.29, 0.717) is 10.5 Å². The van der Waals surface area contributed by atoms with Crippen LogP contribution in [0.2, 0.25) is 0 Å². The Bertz CT molecular complexity index is 1220. The van der Waals surface area contributed by atoms with E-state index in [0.717, 1.165) is 20.9 Å². The van der Waals surface area contributed by atoms with E-state index in [1.807, 2.05) is 61.5 Å². The fourth-order valence-corrected chi connectivity index (χ4v) is 4.13. The fraction of sp³-hybridized carbons (Fsp3) is 0.0833. The first kappa shape index (κ1) is 21.3. The van der Waals surface area contributed by atoms with Gasteiger partial charge >= 0.3 is 6.03 Å². The van der Waals surface area contributed by atoms with Gasteiger partial charge < -0.3 is 5.32 Å². The number of benzene rings is 3. The lowest BCUT2D eigenvalue weighted by Gasteiger charge is -2.11. The second-order valence-corrected chi connectivity index (χ2v) is 8.38. The number of hydrogen-bond donors (Lipinski definition) is 1. The zero-order valence-electron chi connectivity index (χ0n) is 17.1. The summed E-state index contributed by atoms with van der Waals surface area (Å²) in [6.07, 6.45) is 1.46. The minimum Gasteiger partial charge on any atom is -0.303 e. The summed E-state index contributed by atoms with van der Waals surface area (Å²) in [5.74, 6) is -0.473. The molecule has 1 fully saturated rings. The number of nitro groups is 1. The third-order valence-corrected chi connectivity index (χ3v) is 5.96. The highest BCUT2D eigenvalue weighted by Gasteiger charge is 2.33. The maximum absolute atomic E-state index is 12.7. The molecule has 1 aliphatic rings. The SMILES string of the molecule is Cc1ccc(Sc2ccc(C=C3NC(=O)N(Cc4ccccc4)C3=O)cc2[N+](=O)[O-])cc1. The maximum atomic E-state index is 12.7. The molecule has 1 aliphatic heterocycles. The first-order chi connectivity index (χ1) is 15.4. The first-order valence-corrected chi connectivity index (χ1v) is 10.6. The topological polar surface area (TPSA) is 92.6 Å². The molecule has 0 aromatic heterocycles. The molecule has 160 valence electrons. The average molecular weight is 446 g/mol. The van der Waals surface area contributed by atoms with Gasteiger partial charge in [-0.2, -0.15) is 0 Å². The summed E-state index contributed by atoms with van der Waals surface area (Å²) in [7, 11) is 0. The van der Waals surface area contributed by atoms with Crippen LogP contribution in [0, 0.1) is 17.0 Å². The monoisotopic (exact) mass is 445 g/mol. The minimum absolute atomic E-state index is 0.0668. The molecule has 3 aromatic rings. The summed E-state index contributed by atoms with van der Waals surface area (Å²) < 4.78 is 0. The molecule has 0 radical (unpaired) electrons. The molecule has 0 unspecified atom stereocenters. The second kappa shape index (κ2) is 9.07. The molecule has 0 bridgehead atoms. The van der Waals surface area contributed by atoms with Crippen molar-refractivity contribution in [3.05, 3.63) is 105 Å². The standard InChI is InChI=1S/C24H19N3O4S/c1-16-7-10-19(11-8-16)32-22-12-9-18(14-21(22)27(30)31)13-20-23(28)26(24(29)25-20)15-17-5-3-2-4-6-17/h2-14H,15H2,1H3,(H,25,29). The van der Waals surface area contributed by atoms with Crippen molar-refractivity contribution in [2.45, 2.75) is 23.3 Å². The summed E-state index contributed by atoms with van der Waals surface area (Å²) in [6.45, 7) is 2.12. The number of rotatable bonds is 6. The number of carbonyl (C=O) groups is 2. The Morgan fingerprint density at radius 3 is 2.44 bits per heavy atom. The predicted molar refractivity (Wildman–Crippen MR) is 122 cm³/mol. The van der Waals surface area contributed by atoms with Gasteiger partial charge in [0, 0.05) is 11.0 Å². The largest absolute Gasteiger partial charge is 0.329 e. The summed E-state index contributed by atoms with van der Waals surface area (Å²) in [4.78, 5) is 38.7. The lowest BCUT2D eigenvalue weighted by atomic mass is 10.1. The molecule has 3 amide bonds. The van der Waals surface area contributed by atoms with Crippen molar-refractivity contribution in [3.63, 3.8) is 0 Å². The van der Waals surface area contributed by atoms with Crippen molar-refractivity contribution < 1.29 is 14.5 Å². The van der Waals surface area contributed by atoms with Crippen LogP contribution in [0.3, 0.4) is 0 Å². The molecule has 32 heavy (non-hydrogen) atoms. The molecule has 1 saturated heterocycles. The maximum Gasteiger partial charge on any atom is 0.329 e. The lowest BCUT2D eigenvalue weighted by Crippen LogP contribution is -2.30. The van der Waals surface area contributed by atoms with E-state index in [1.165, 1.54) is 23.9 Å². The van der Waals surface area contributed by atoms with Crippen LogP contribution in [0.25, 0.3) is 6.08 Å². The minimum atomic E-state index is -0.522. The number of carbonyl (C=O) groups excluding carboxylic acids is 2. The molecule has 0 aliphatic carbocycles. The number of nitrogens with one attached hydrogen (secondary N) is 1. The second-order valence-electron chi connectivity index (χ2n) is 7.26. The van der Waals surface area contributed by atoms with E-state index in [1.54, 1.807) is 12.1 Å². The fourth-order valence-electron chi connectivity index (χ4n) is 3.23. The quantitative estimate of drug-likeness (QED) is 0.245. The third kappa shape index (κ3) is 4.70. The summed E-state index contributed by atoms with van der Waals surface area (Å²) in [5.41, 5.74) is 2.40. The molecule has 0 spiro atoms. The Hall–Kier alpha value is -3.91. The van der Waals surface area contributed by atoms with Gasteiger partial charge in [0.05, 0.1) is 16.4 Å². The van der Waals surface area contributed by atoms with Gasteiger partial charge in [-0.05, 0) is 42.3 Å². The smallest absolute Gasteiger partial charge is 0.303 e. The molecule has 1 heterocycles. The lowest BCUT2D eigenvalue weighted by molar-refractivity contribution is -0.387. The highest BCUT2D eigenvalue weighted by molar-refractivity contribution is 7.99. The zero-order valence-corrected chi connectivity index (χ0v) is 18.0. The van der Waals surface area contributed by atoms with Gasteiger partial charge in [-0.25, -0.2) is 4.79 Å². The van der Waals surface area contributed by atoms with Crippen LogP contribution in [0.5, 0.6) is 0 Å². The van der Waals surface area contributed by atoms with Crippen molar-refractivity contribution in [1.82, 2.24) is 10.2 Å². The molecule has 4 rings (SSSR count). The number of nitro benzene ring substituents is 1. The number of hydrogen-bond acceptors (Lipinski definition) is 5. The zero-order chi connectivity index (χ0) is 22.7. The van der Waals surface area contributed by atoms with Gasteiger partial charge in [0.25, 0.3) is 11.6 Å². The highest BCUT2D eigenvalue weighted by Crippen LogP contribution is 2.36. The van der Waals surface area contributed by atoms with Gasteiger partial charge in [0.15, 0.2) is 0 Å². The van der Waals surface area contributed by atoms with Crippen LogP contribution in [0.15, 0.2) is 88.3 Å². The van der Waals surface area contributed by atoms with Crippen LogP contribution in [-0.4, -0.2) is 21.8 Å². The van der Waals surface area contributed by atoms with Crippen molar-refractivity contribution in [2.75, 3.05) is 0 Å². The Morgan fingerprint density at radius 1 is 1.03 bits per heavy atom. The van der Waals surface area contributed by atoms with Crippen LogP contribution in [0.4, 0.5) is 10.5 Å². The number of amides is 3. The molecule has 3 aromatic carbocycles. The van der Waals surface area contributed by atoms with Crippen molar-refractivity contribution in [3.8, 4) is 0 Å². The molecule has 7 nitrogen and oxygen atoms in total. The van der Waals surface area contributed by atoms with E-state index in [4.69, 9.17) is 0 Å². The van der Waals surface area contributed by atoms with E-state index in [2.05, 4.69) is 5.32 Å². The van der Waals surface area contributed by atoms with Crippen LogP contribution in [0.1, 0.15) is 16.7 Å². The van der Waals surface area contributed by atoms with Crippen LogP contribution >= 0.6 is 11.8 Å². The Morgan fingerprint density at radius 2 is 1.75 bits per heavy atom. The van der Waals surface area contributed by atoms with Crippen molar-refractivity contribution in [2.24, 2.45) is 0 Å². The van der Waals surface area contributed by atoms with Gasteiger partial charge in [-0.3, -0.25) is 19.8 Å². The van der Waals surface area contributed by atoms with Crippen LogP contribution in [-0.2, 0) is 11.3 Å². The normalized spacial score (nSPS) is 14.7. The van der Waals surface area contributed by atoms with Gasteiger partial charge in [-0.1, -0.05) is 65.9 Å².